The monoisotopic (exact) mass is 254 g/mol. The number of aliphatic hydroxyl groups is 1. The molecule has 96 valence electrons. The number of halogens is 1. The third-order valence-corrected chi connectivity index (χ3v) is 2.90. The van der Waals surface area contributed by atoms with Crippen molar-refractivity contribution in [3.63, 3.8) is 0 Å². The number of hydrogen-bond donors (Lipinski definition) is 1. The topological polar surface area (TPSA) is 83.7 Å². The van der Waals surface area contributed by atoms with Crippen molar-refractivity contribution < 1.29 is 19.2 Å². The largest absolute Gasteiger partial charge is 0.396 e. The molecule has 0 aliphatic carbocycles. The number of aliphatic hydroxyl groups excluding tert-OH is 1. The summed E-state index contributed by atoms with van der Waals surface area (Å²) in [7, 11) is 0. The molecule has 0 aromatic heterocycles. The molecule has 1 fully saturated rings. The van der Waals surface area contributed by atoms with Crippen LogP contribution in [0.1, 0.15) is 6.42 Å². The van der Waals surface area contributed by atoms with Gasteiger partial charge in [-0.2, -0.15) is 4.39 Å². The summed E-state index contributed by atoms with van der Waals surface area (Å²) < 4.78 is 13.4. The van der Waals surface area contributed by atoms with Crippen molar-refractivity contribution in [1.82, 2.24) is 0 Å². The summed E-state index contributed by atoms with van der Waals surface area (Å²) in [4.78, 5) is 22.8. The van der Waals surface area contributed by atoms with Crippen LogP contribution in [0.4, 0.5) is 15.8 Å². The van der Waals surface area contributed by atoms with E-state index in [9.17, 15) is 19.3 Å². The summed E-state index contributed by atoms with van der Waals surface area (Å²) in [6.45, 7) is -0.00895. The maximum atomic E-state index is 13.4. The molecule has 1 aromatic carbocycles. The van der Waals surface area contributed by atoms with Gasteiger partial charge in [0.05, 0.1) is 4.92 Å². The summed E-state index contributed by atoms with van der Waals surface area (Å²) >= 11 is 0. The van der Waals surface area contributed by atoms with Gasteiger partial charge in [0.2, 0.25) is 11.7 Å². The van der Waals surface area contributed by atoms with E-state index in [1.807, 2.05) is 0 Å². The smallest absolute Gasteiger partial charge is 0.328 e. The van der Waals surface area contributed by atoms with Crippen molar-refractivity contribution in [3.8, 4) is 0 Å². The van der Waals surface area contributed by atoms with Gasteiger partial charge in [-0.3, -0.25) is 14.9 Å². The first-order chi connectivity index (χ1) is 8.54. The van der Waals surface area contributed by atoms with Gasteiger partial charge in [0.15, 0.2) is 0 Å². The van der Waals surface area contributed by atoms with Crippen molar-refractivity contribution >= 4 is 17.3 Å². The molecule has 1 N–H and O–H groups in total. The zero-order valence-electron chi connectivity index (χ0n) is 9.38. The lowest BCUT2D eigenvalue weighted by Crippen LogP contribution is -2.26. The van der Waals surface area contributed by atoms with Gasteiger partial charge in [-0.05, 0) is 12.1 Å². The van der Waals surface area contributed by atoms with Crippen LogP contribution in [-0.4, -0.2) is 29.1 Å². The highest BCUT2D eigenvalue weighted by atomic mass is 19.1. The van der Waals surface area contributed by atoms with Gasteiger partial charge >= 0.3 is 5.69 Å². The number of nitrogens with zero attached hydrogens (tertiary/aromatic N) is 2. The average molecular weight is 254 g/mol. The SMILES string of the molecule is O=C1CC(CO)CN1c1cccc(F)c1[N+](=O)[O-]. The third-order valence-electron chi connectivity index (χ3n) is 2.90. The third kappa shape index (κ3) is 2.04. The van der Waals surface area contributed by atoms with E-state index in [1.165, 1.54) is 12.1 Å². The number of amides is 1. The molecular formula is C11H11FN2O4. The molecule has 2 rings (SSSR count). The number of para-hydroxylation sites is 1. The lowest BCUT2D eigenvalue weighted by molar-refractivity contribution is -0.386. The van der Waals surface area contributed by atoms with Crippen LogP contribution >= 0.6 is 0 Å². The van der Waals surface area contributed by atoms with Crippen LogP contribution in [0, 0.1) is 21.8 Å². The second kappa shape index (κ2) is 4.69. The minimum Gasteiger partial charge on any atom is -0.396 e. The quantitative estimate of drug-likeness (QED) is 0.646. The lowest BCUT2D eigenvalue weighted by atomic mass is 10.1. The van der Waals surface area contributed by atoms with E-state index in [4.69, 9.17) is 5.11 Å². The van der Waals surface area contributed by atoms with Crippen molar-refractivity contribution in [2.45, 2.75) is 6.42 Å². The molecule has 1 aliphatic heterocycles. The first kappa shape index (κ1) is 12.4. The number of hydrogen-bond acceptors (Lipinski definition) is 4. The first-order valence-electron chi connectivity index (χ1n) is 5.38. The Morgan fingerprint density at radius 2 is 2.28 bits per heavy atom. The van der Waals surface area contributed by atoms with Crippen molar-refractivity contribution in [1.29, 1.82) is 0 Å². The van der Waals surface area contributed by atoms with Crippen LogP contribution in [0.3, 0.4) is 0 Å². The predicted octanol–water partition coefficient (Wildman–Crippen LogP) is 1.08. The minimum absolute atomic E-state index is 0.0547. The Balaban J connectivity index is 2.43. The molecule has 6 nitrogen and oxygen atoms in total. The van der Waals surface area contributed by atoms with E-state index < -0.39 is 16.4 Å². The number of carbonyl (C=O) groups is 1. The molecule has 0 saturated carbocycles. The number of anilines is 1. The van der Waals surface area contributed by atoms with E-state index in [1.54, 1.807) is 0 Å². The van der Waals surface area contributed by atoms with E-state index in [2.05, 4.69) is 0 Å². The maximum Gasteiger partial charge on any atom is 0.328 e. The minimum atomic E-state index is -0.974. The first-order valence-corrected chi connectivity index (χ1v) is 5.38. The summed E-state index contributed by atoms with van der Waals surface area (Å²) in [6.07, 6.45) is 0.115. The Morgan fingerprint density at radius 3 is 2.83 bits per heavy atom. The molecule has 1 heterocycles. The van der Waals surface area contributed by atoms with Crippen molar-refractivity contribution in [3.05, 3.63) is 34.1 Å². The van der Waals surface area contributed by atoms with Crippen LogP contribution in [0.2, 0.25) is 0 Å². The molecular weight excluding hydrogens is 243 g/mol. The normalized spacial score (nSPS) is 19.3. The number of nitro benzene ring substituents is 1. The Bertz CT molecular complexity index is 506. The predicted molar refractivity (Wildman–Crippen MR) is 60.6 cm³/mol. The highest BCUT2D eigenvalue weighted by Gasteiger charge is 2.35. The van der Waals surface area contributed by atoms with Gasteiger partial charge in [-0.25, -0.2) is 0 Å². The average Bonchev–Trinajstić information content (AvgIpc) is 2.69. The van der Waals surface area contributed by atoms with E-state index in [0.717, 1.165) is 11.0 Å². The zero-order chi connectivity index (χ0) is 13.3. The fourth-order valence-electron chi connectivity index (χ4n) is 2.04. The molecule has 1 aliphatic rings. The molecule has 7 heteroatoms. The second-order valence-electron chi connectivity index (χ2n) is 4.12. The van der Waals surface area contributed by atoms with Gasteiger partial charge in [-0.1, -0.05) is 6.07 Å². The molecule has 0 bridgehead atoms. The Kier molecular flexibility index (Phi) is 3.24. The summed E-state index contributed by atoms with van der Waals surface area (Å²) in [5.41, 5.74) is -0.759. The van der Waals surface area contributed by atoms with E-state index in [0.29, 0.717) is 0 Å². The molecule has 0 radical (unpaired) electrons. The Morgan fingerprint density at radius 1 is 1.56 bits per heavy atom. The van der Waals surface area contributed by atoms with E-state index in [-0.39, 0.29) is 37.1 Å². The molecule has 18 heavy (non-hydrogen) atoms. The molecule has 1 atom stereocenters. The number of carbonyl (C=O) groups excluding carboxylic acids is 1. The van der Waals surface area contributed by atoms with Crippen LogP contribution in [0.25, 0.3) is 0 Å². The fourth-order valence-corrected chi connectivity index (χ4v) is 2.04. The van der Waals surface area contributed by atoms with Gasteiger partial charge in [0.25, 0.3) is 0 Å². The van der Waals surface area contributed by atoms with Gasteiger partial charge < -0.3 is 10.0 Å². The fraction of sp³-hybridized carbons (Fsp3) is 0.364. The summed E-state index contributed by atoms with van der Waals surface area (Å²) in [5.74, 6) is -1.58. The molecule has 1 amide bonds. The van der Waals surface area contributed by atoms with Gasteiger partial charge in [0, 0.05) is 25.5 Å². The Hall–Kier alpha value is -2.02. The van der Waals surface area contributed by atoms with Crippen molar-refractivity contribution in [2.24, 2.45) is 5.92 Å². The summed E-state index contributed by atoms with van der Waals surface area (Å²) in [5, 5.41) is 19.8. The highest BCUT2D eigenvalue weighted by Crippen LogP contribution is 2.34. The number of benzene rings is 1. The Labute approximate surface area is 102 Å². The van der Waals surface area contributed by atoms with Crippen LogP contribution in [-0.2, 0) is 4.79 Å². The zero-order valence-corrected chi connectivity index (χ0v) is 9.38. The maximum absolute atomic E-state index is 13.4. The molecule has 1 unspecified atom stereocenters. The molecule has 1 aromatic rings. The van der Waals surface area contributed by atoms with Crippen LogP contribution in [0.15, 0.2) is 18.2 Å². The second-order valence-corrected chi connectivity index (χ2v) is 4.12. The van der Waals surface area contributed by atoms with Gasteiger partial charge in [0.1, 0.15) is 5.69 Å². The number of nitro groups is 1. The van der Waals surface area contributed by atoms with Crippen molar-refractivity contribution in [2.75, 3.05) is 18.1 Å². The summed E-state index contributed by atoms with van der Waals surface area (Å²) in [6, 6.07) is 3.63. The van der Waals surface area contributed by atoms with Gasteiger partial charge in [-0.15, -0.1) is 0 Å². The number of rotatable bonds is 3. The molecule has 1 saturated heterocycles. The van der Waals surface area contributed by atoms with Crippen LogP contribution < -0.4 is 4.90 Å². The van der Waals surface area contributed by atoms with E-state index >= 15 is 0 Å². The lowest BCUT2D eigenvalue weighted by Gasteiger charge is -2.16. The highest BCUT2D eigenvalue weighted by molar-refractivity contribution is 5.97. The van der Waals surface area contributed by atoms with Crippen LogP contribution in [0.5, 0.6) is 0 Å². The standard InChI is InChI=1S/C11H11FN2O4/c12-8-2-1-3-9(11(8)14(17)18)13-5-7(6-15)4-10(13)16/h1-3,7,15H,4-6H2. The molecule has 0 spiro atoms.